The van der Waals surface area contributed by atoms with Crippen molar-refractivity contribution in [1.29, 1.82) is 0 Å². The Morgan fingerprint density at radius 2 is 1.93 bits per heavy atom. The Kier molecular flexibility index (Phi) is 7.27. The summed E-state index contributed by atoms with van der Waals surface area (Å²) >= 11 is 0. The van der Waals surface area contributed by atoms with E-state index in [9.17, 15) is 14.7 Å². The van der Waals surface area contributed by atoms with Gasteiger partial charge >= 0.3 is 0 Å². The molecule has 1 aromatic rings. The maximum absolute atomic E-state index is 12.9. The molecule has 1 N–H and O–H groups in total. The molecule has 6 nitrogen and oxygen atoms in total. The lowest BCUT2D eigenvalue weighted by Gasteiger charge is -2.31. The summed E-state index contributed by atoms with van der Waals surface area (Å²) < 4.78 is 5.33. The third-order valence-electron chi connectivity index (χ3n) is 5.97. The zero-order chi connectivity index (χ0) is 21.7. The van der Waals surface area contributed by atoms with Gasteiger partial charge in [0.25, 0.3) is 0 Å². The molecular weight excluding hydrogens is 380 g/mol. The van der Waals surface area contributed by atoms with Crippen LogP contribution in [0.1, 0.15) is 100 Å². The van der Waals surface area contributed by atoms with E-state index in [4.69, 9.17) is 9.52 Å². The largest absolute Gasteiger partial charge is 0.511 e. The van der Waals surface area contributed by atoms with Crippen molar-refractivity contribution in [2.75, 3.05) is 6.54 Å². The van der Waals surface area contributed by atoms with Crippen LogP contribution in [0.25, 0.3) is 0 Å². The zero-order valence-corrected chi connectivity index (χ0v) is 18.6. The van der Waals surface area contributed by atoms with Gasteiger partial charge in [-0.15, -0.1) is 0 Å². The Morgan fingerprint density at radius 3 is 2.70 bits per heavy atom. The lowest BCUT2D eigenvalue weighted by atomic mass is 9.73. The number of aryl methyl sites for hydroxylation is 2. The number of unbranched alkanes of at least 4 members (excludes halogenated alkanes) is 3. The van der Waals surface area contributed by atoms with Crippen LogP contribution in [-0.4, -0.2) is 34.1 Å². The van der Waals surface area contributed by atoms with E-state index in [2.05, 4.69) is 25.9 Å². The molecule has 3 rings (SSSR count). The van der Waals surface area contributed by atoms with Crippen molar-refractivity contribution in [3.8, 4) is 0 Å². The molecule has 0 saturated heterocycles. The number of hydrogen-bond acceptors (Lipinski definition) is 6. The van der Waals surface area contributed by atoms with Crippen LogP contribution >= 0.6 is 0 Å². The van der Waals surface area contributed by atoms with Gasteiger partial charge in [-0.3, -0.25) is 14.6 Å². The predicted octanol–water partition coefficient (Wildman–Crippen LogP) is 5.35. The molecule has 0 aromatic carbocycles. The van der Waals surface area contributed by atoms with Crippen molar-refractivity contribution in [3.05, 3.63) is 28.3 Å². The van der Waals surface area contributed by atoms with E-state index in [0.29, 0.717) is 54.8 Å². The molecule has 0 spiro atoms. The molecule has 0 bridgehead atoms. The van der Waals surface area contributed by atoms with Gasteiger partial charge in [0.2, 0.25) is 0 Å². The molecule has 6 heteroatoms. The molecule has 2 aliphatic carbocycles. The zero-order valence-electron chi connectivity index (χ0n) is 18.6. The summed E-state index contributed by atoms with van der Waals surface area (Å²) in [7, 11) is 0. The molecule has 0 amide bonds. The van der Waals surface area contributed by atoms with Gasteiger partial charge in [-0.25, -0.2) is 0 Å². The van der Waals surface area contributed by atoms with E-state index in [0.717, 1.165) is 31.4 Å². The molecule has 2 aliphatic rings. The lowest BCUT2D eigenvalue weighted by Crippen LogP contribution is -2.33. The minimum absolute atomic E-state index is 0.0469. The number of aliphatic imine (C=N–C) groups is 1. The minimum atomic E-state index is -0.152. The summed E-state index contributed by atoms with van der Waals surface area (Å²) in [5.41, 5.74) is 2.13. The Hall–Kier alpha value is -2.24. The average molecular weight is 415 g/mol. The van der Waals surface area contributed by atoms with E-state index >= 15 is 0 Å². The summed E-state index contributed by atoms with van der Waals surface area (Å²) in [4.78, 5) is 29.8. The first-order valence-electron chi connectivity index (χ1n) is 11.3. The number of aromatic nitrogens is 1. The van der Waals surface area contributed by atoms with Crippen molar-refractivity contribution < 1.29 is 19.2 Å². The highest BCUT2D eigenvalue weighted by atomic mass is 16.5. The lowest BCUT2D eigenvalue weighted by molar-refractivity contribution is -0.117. The number of ketones is 2. The summed E-state index contributed by atoms with van der Waals surface area (Å²) in [6, 6.07) is 0. The molecule has 1 fully saturated rings. The average Bonchev–Trinajstić information content (AvgIpc) is 3.09. The third kappa shape index (κ3) is 5.27. The number of hydrogen-bond donors (Lipinski definition) is 1. The Labute approximate surface area is 178 Å². The second-order valence-corrected chi connectivity index (χ2v) is 9.36. The van der Waals surface area contributed by atoms with Crippen LogP contribution in [0.3, 0.4) is 0 Å². The molecule has 1 saturated carbocycles. The van der Waals surface area contributed by atoms with Crippen molar-refractivity contribution in [2.45, 2.75) is 91.4 Å². The number of rotatable bonds is 8. The third-order valence-corrected chi connectivity index (χ3v) is 5.97. The van der Waals surface area contributed by atoms with Crippen LogP contribution in [-0.2, 0) is 17.6 Å². The van der Waals surface area contributed by atoms with E-state index < -0.39 is 0 Å². The molecule has 0 atom stereocenters. The molecule has 1 heterocycles. The van der Waals surface area contributed by atoms with Gasteiger partial charge < -0.3 is 9.63 Å². The minimum Gasteiger partial charge on any atom is -0.511 e. The van der Waals surface area contributed by atoms with Gasteiger partial charge in [-0.1, -0.05) is 45.2 Å². The highest BCUT2D eigenvalue weighted by Crippen LogP contribution is 2.36. The Balaban J connectivity index is 1.77. The van der Waals surface area contributed by atoms with Gasteiger partial charge in [0.15, 0.2) is 11.6 Å². The smallest absolute Gasteiger partial charge is 0.168 e. The molecule has 1 aromatic heterocycles. The number of allylic oxidation sites excluding steroid dienone is 2. The second kappa shape index (κ2) is 9.71. The monoisotopic (exact) mass is 414 g/mol. The first-order valence-corrected chi connectivity index (χ1v) is 11.3. The van der Waals surface area contributed by atoms with Crippen LogP contribution in [0.4, 0.5) is 0 Å². The number of aliphatic hydroxyl groups is 1. The van der Waals surface area contributed by atoms with Crippen LogP contribution in [0.15, 0.2) is 20.8 Å². The predicted molar refractivity (Wildman–Crippen MR) is 116 cm³/mol. The van der Waals surface area contributed by atoms with Gasteiger partial charge in [-0.05, 0) is 24.7 Å². The summed E-state index contributed by atoms with van der Waals surface area (Å²) in [5, 5.41) is 14.9. The molecule has 164 valence electrons. The molecule has 0 unspecified atom stereocenters. The fraction of sp³-hybridized carbons (Fsp3) is 0.667. The SMILES string of the molecule is CCCCCCN=C1CC(C)(C)CC(=O)/C1=C(\O)CCc1noc2c1C(=O)CCC2. The molecule has 30 heavy (non-hydrogen) atoms. The maximum Gasteiger partial charge on any atom is 0.168 e. The summed E-state index contributed by atoms with van der Waals surface area (Å²) in [6.07, 6.45) is 8.21. The van der Waals surface area contributed by atoms with E-state index in [1.807, 2.05) is 0 Å². The molecule has 0 radical (unpaired) electrons. The fourth-order valence-corrected chi connectivity index (χ4v) is 4.42. The normalized spacial score (nSPS) is 21.8. The van der Waals surface area contributed by atoms with Crippen molar-refractivity contribution >= 4 is 17.3 Å². The van der Waals surface area contributed by atoms with Crippen LogP contribution in [0, 0.1) is 5.41 Å². The number of aliphatic hydroxyl groups excluding tert-OH is 1. The fourth-order valence-electron chi connectivity index (χ4n) is 4.42. The van der Waals surface area contributed by atoms with E-state index in [1.54, 1.807) is 0 Å². The van der Waals surface area contributed by atoms with Gasteiger partial charge in [0.05, 0.1) is 16.8 Å². The van der Waals surface area contributed by atoms with Crippen LogP contribution in [0.2, 0.25) is 0 Å². The number of nitrogens with zero attached hydrogens (tertiary/aromatic N) is 2. The van der Waals surface area contributed by atoms with E-state index in [-0.39, 0.29) is 29.2 Å². The highest BCUT2D eigenvalue weighted by molar-refractivity contribution is 6.24. The number of carbonyl (C=O) groups excluding carboxylic acids is 2. The number of Topliss-reactive ketones (excluding diaryl/α,β-unsaturated/α-hetero) is 2. The van der Waals surface area contributed by atoms with Crippen molar-refractivity contribution in [3.63, 3.8) is 0 Å². The maximum atomic E-state index is 12.9. The van der Waals surface area contributed by atoms with Gasteiger partial charge in [0, 0.05) is 44.4 Å². The summed E-state index contributed by atoms with van der Waals surface area (Å²) in [5.74, 6) is 0.722. The number of carbonyl (C=O) groups is 2. The number of fused-ring (bicyclic) bond motifs is 1. The second-order valence-electron chi connectivity index (χ2n) is 9.36. The standard InChI is InChI=1S/C24H34N2O4/c1-4-5-6-7-13-25-17-14-24(2,3)15-20(29)22(17)19(28)12-11-16-23-18(27)9-8-10-21(23)30-26-16/h28H,4-15H2,1-3H3/b22-19-,25-17?. The van der Waals surface area contributed by atoms with E-state index in [1.165, 1.54) is 12.8 Å². The van der Waals surface area contributed by atoms with Crippen molar-refractivity contribution in [1.82, 2.24) is 5.16 Å². The first kappa shape index (κ1) is 22.4. The molecule has 0 aliphatic heterocycles. The molecular formula is C24H34N2O4. The van der Waals surface area contributed by atoms with Crippen molar-refractivity contribution in [2.24, 2.45) is 10.4 Å². The quantitative estimate of drug-likeness (QED) is 0.352. The summed E-state index contributed by atoms with van der Waals surface area (Å²) in [6.45, 7) is 6.99. The Morgan fingerprint density at radius 1 is 1.13 bits per heavy atom. The highest BCUT2D eigenvalue weighted by Gasteiger charge is 2.36. The van der Waals surface area contributed by atoms with Crippen LogP contribution < -0.4 is 0 Å². The Bertz CT molecular complexity index is 861. The van der Waals surface area contributed by atoms with Crippen LogP contribution in [0.5, 0.6) is 0 Å². The van der Waals surface area contributed by atoms with Gasteiger partial charge in [0.1, 0.15) is 11.5 Å². The van der Waals surface area contributed by atoms with Gasteiger partial charge in [-0.2, -0.15) is 0 Å². The first-order chi connectivity index (χ1) is 14.3. The topological polar surface area (TPSA) is 92.8 Å².